The summed E-state index contributed by atoms with van der Waals surface area (Å²) < 4.78 is 5.21. The number of benzene rings is 1. The Bertz CT molecular complexity index is 490. The average Bonchev–Trinajstić information content (AvgIpc) is 2.53. The summed E-state index contributed by atoms with van der Waals surface area (Å²) >= 11 is 0. The van der Waals surface area contributed by atoms with Gasteiger partial charge in [0, 0.05) is 13.2 Å². The van der Waals surface area contributed by atoms with Gasteiger partial charge in [-0.25, -0.2) is 0 Å². The first-order valence-electron chi connectivity index (χ1n) is 6.67. The molecule has 0 radical (unpaired) electrons. The molecule has 2 rings (SSSR count). The van der Waals surface area contributed by atoms with Crippen LogP contribution >= 0.6 is 0 Å². The summed E-state index contributed by atoms with van der Waals surface area (Å²) in [5, 5.41) is 21.6. The molecule has 5 nitrogen and oxygen atoms in total. The second-order valence-electron chi connectivity index (χ2n) is 4.93. The van der Waals surface area contributed by atoms with E-state index in [9.17, 15) is 15.2 Å². The van der Waals surface area contributed by atoms with Gasteiger partial charge in [-0.15, -0.1) is 0 Å². The summed E-state index contributed by atoms with van der Waals surface area (Å²) in [6.07, 6.45) is 0.782. The van der Waals surface area contributed by atoms with Gasteiger partial charge in [0.25, 0.3) is 0 Å². The highest BCUT2D eigenvalue weighted by molar-refractivity contribution is 5.85. The molecule has 1 aromatic rings. The first kappa shape index (κ1) is 14.5. The number of carbonyl (C=O) groups excluding carboxylic acids is 1. The van der Waals surface area contributed by atoms with E-state index in [4.69, 9.17) is 4.74 Å². The number of carbonyl (C=O) groups is 1. The molecule has 106 valence electrons. The van der Waals surface area contributed by atoms with Crippen LogP contribution < -0.4 is 5.32 Å². The van der Waals surface area contributed by atoms with Crippen LogP contribution in [0.1, 0.15) is 24.4 Å². The van der Waals surface area contributed by atoms with Crippen LogP contribution in [0.15, 0.2) is 30.3 Å². The summed E-state index contributed by atoms with van der Waals surface area (Å²) in [6, 6.07) is 10.9. The molecule has 1 heterocycles. The van der Waals surface area contributed by atoms with Crippen LogP contribution in [0.2, 0.25) is 0 Å². The Morgan fingerprint density at radius 2 is 2.05 bits per heavy atom. The predicted molar refractivity (Wildman–Crippen MR) is 72.5 cm³/mol. The van der Waals surface area contributed by atoms with Crippen LogP contribution in [0.5, 0.6) is 0 Å². The third-order valence-electron chi connectivity index (χ3n) is 3.68. The van der Waals surface area contributed by atoms with E-state index in [1.807, 2.05) is 30.3 Å². The van der Waals surface area contributed by atoms with Crippen LogP contribution in [0.4, 0.5) is 0 Å². The van der Waals surface area contributed by atoms with E-state index < -0.39 is 11.5 Å². The first-order valence-corrected chi connectivity index (χ1v) is 6.67. The van der Waals surface area contributed by atoms with Crippen molar-refractivity contribution in [3.8, 4) is 6.07 Å². The Hall–Kier alpha value is -1.90. The Morgan fingerprint density at radius 1 is 1.40 bits per heavy atom. The third kappa shape index (κ3) is 2.98. The van der Waals surface area contributed by atoms with Crippen LogP contribution in [-0.2, 0) is 9.53 Å². The minimum atomic E-state index is -1.04. The van der Waals surface area contributed by atoms with Crippen molar-refractivity contribution in [1.29, 1.82) is 5.26 Å². The maximum absolute atomic E-state index is 12.4. The highest BCUT2D eigenvalue weighted by atomic mass is 16.5. The van der Waals surface area contributed by atoms with Crippen LogP contribution in [0, 0.1) is 16.7 Å². The normalized spacial score (nSPS) is 18.8. The molecule has 0 aliphatic carbocycles. The van der Waals surface area contributed by atoms with Gasteiger partial charge in [0.2, 0.25) is 5.91 Å². The molecule has 20 heavy (non-hydrogen) atoms. The SMILES string of the molecule is N#CC1(C(=O)N[C@H](CO)c2ccccc2)CCOCC1. The van der Waals surface area contributed by atoms with Gasteiger partial charge < -0.3 is 15.2 Å². The van der Waals surface area contributed by atoms with Crippen LogP contribution in [-0.4, -0.2) is 30.8 Å². The van der Waals surface area contributed by atoms with Crippen LogP contribution in [0.3, 0.4) is 0 Å². The highest BCUT2D eigenvalue weighted by Gasteiger charge is 2.41. The highest BCUT2D eigenvalue weighted by Crippen LogP contribution is 2.30. The van der Waals surface area contributed by atoms with Gasteiger partial charge in [-0.2, -0.15) is 5.26 Å². The number of hydrogen-bond donors (Lipinski definition) is 2. The Labute approximate surface area is 118 Å². The zero-order valence-corrected chi connectivity index (χ0v) is 11.2. The maximum Gasteiger partial charge on any atom is 0.241 e. The van der Waals surface area contributed by atoms with Crippen molar-refractivity contribution in [2.45, 2.75) is 18.9 Å². The number of aliphatic hydroxyl groups excluding tert-OH is 1. The monoisotopic (exact) mass is 274 g/mol. The molecular formula is C15H18N2O3. The fourth-order valence-electron chi connectivity index (χ4n) is 2.33. The molecule has 0 unspecified atom stereocenters. The van der Waals surface area contributed by atoms with Crippen molar-refractivity contribution in [3.05, 3.63) is 35.9 Å². The van der Waals surface area contributed by atoms with Gasteiger partial charge in [0.05, 0.1) is 18.7 Å². The zero-order valence-electron chi connectivity index (χ0n) is 11.2. The van der Waals surface area contributed by atoms with E-state index in [-0.39, 0.29) is 12.5 Å². The third-order valence-corrected chi connectivity index (χ3v) is 3.68. The molecule has 1 aromatic carbocycles. The van der Waals surface area contributed by atoms with E-state index in [0.29, 0.717) is 26.1 Å². The fourth-order valence-corrected chi connectivity index (χ4v) is 2.33. The van der Waals surface area contributed by atoms with E-state index in [1.54, 1.807) is 0 Å². The van der Waals surface area contributed by atoms with E-state index >= 15 is 0 Å². The van der Waals surface area contributed by atoms with Crippen molar-refractivity contribution in [2.24, 2.45) is 5.41 Å². The van der Waals surface area contributed by atoms with Gasteiger partial charge in [-0.3, -0.25) is 4.79 Å². The number of rotatable bonds is 4. The number of nitrogens with zero attached hydrogens (tertiary/aromatic N) is 1. The summed E-state index contributed by atoms with van der Waals surface area (Å²) in [6.45, 7) is 0.625. The van der Waals surface area contributed by atoms with E-state index in [1.165, 1.54) is 0 Å². The fraction of sp³-hybridized carbons (Fsp3) is 0.467. The number of nitriles is 1. The van der Waals surface area contributed by atoms with Crippen LogP contribution in [0.25, 0.3) is 0 Å². The zero-order chi connectivity index (χ0) is 14.4. The van der Waals surface area contributed by atoms with Gasteiger partial charge in [0.1, 0.15) is 5.41 Å². The lowest BCUT2D eigenvalue weighted by Gasteiger charge is -2.31. The summed E-state index contributed by atoms with van der Waals surface area (Å²) in [7, 11) is 0. The smallest absolute Gasteiger partial charge is 0.241 e. The first-order chi connectivity index (χ1) is 9.72. The molecule has 1 saturated heterocycles. The summed E-state index contributed by atoms with van der Waals surface area (Å²) in [5.74, 6) is -0.328. The van der Waals surface area contributed by atoms with Crippen molar-refractivity contribution < 1.29 is 14.6 Å². The molecule has 0 bridgehead atoms. The molecule has 1 aliphatic rings. The van der Waals surface area contributed by atoms with Crippen molar-refractivity contribution in [3.63, 3.8) is 0 Å². The molecule has 0 spiro atoms. The second-order valence-corrected chi connectivity index (χ2v) is 4.93. The molecular weight excluding hydrogens is 256 g/mol. The Morgan fingerprint density at radius 3 is 2.60 bits per heavy atom. The minimum absolute atomic E-state index is 0.201. The molecule has 0 saturated carbocycles. The molecule has 5 heteroatoms. The predicted octanol–water partition coefficient (Wildman–Crippen LogP) is 1.16. The van der Waals surface area contributed by atoms with Crippen molar-refractivity contribution in [1.82, 2.24) is 5.32 Å². The summed E-state index contributed by atoms with van der Waals surface area (Å²) in [4.78, 5) is 12.4. The Balaban J connectivity index is 2.11. The van der Waals surface area contributed by atoms with Crippen molar-refractivity contribution >= 4 is 5.91 Å². The molecule has 1 amide bonds. The molecule has 1 fully saturated rings. The quantitative estimate of drug-likeness (QED) is 0.863. The van der Waals surface area contributed by atoms with E-state index in [2.05, 4.69) is 11.4 Å². The molecule has 1 atom stereocenters. The number of hydrogen-bond acceptors (Lipinski definition) is 4. The van der Waals surface area contributed by atoms with Gasteiger partial charge in [-0.05, 0) is 18.4 Å². The molecule has 1 aliphatic heterocycles. The topological polar surface area (TPSA) is 82.4 Å². The van der Waals surface area contributed by atoms with Crippen molar-refractivity contribution in [2.75, 3.05) is 19.8 Å². The second kappa shape index (κ2) is 6.51. The van der Waals surface area contributed by atoms with Gasteiger partial charge in [-0.1, -0.05) is 30.3 Å². The number of aliphatic hydroxyl groups is 1. The number of ether oxygens (including phenoxy) is 1. The summed E-state index contributed by atoms with van der Waals surface area (Å²) in [5.41, 5.74) is -0.219. The molecule has 2 N–H and O–H groups in total. The lowest BCUT2D eigenvalue weighted by atomic mass is 9.80. The van der Waals surface area contributed by atoms with Gasteiger partial charge in [0.15, 0.2) is 0 Å². The lowest BCUT2D eigenvalue weighted by Crippen LogP contribution is -2.45. The minimum Gasteiger partial charge on any atom is -0.394 e. The average molecular weight is 274 g/mol. The number of amides is 1. The number of nitrogens with one attached hydrogen (secondary N) is 1. The maximum atomic E-state index is 12.4. The molecule has 0 aromatic heterocycles. The lowest BCUT2D eigenvalue weighted by molar-refractivity contribution is -0.133. The standard InChI is InChI=1S/C15H18N2O3/c16-11-15(6-8-20-9-7-15)14(19)17-13(10-18)12-4-2-1-3-5-12/h1-5,13,18H,6-10H2,(H,17,19)/t13-/m1/s1. The largest absolute Gasteiger partial charge is 0.394 e. The Kier molecular flexibility index (Phi) is 4.72. The van der Waals surface area contributed by atoms with E-state index in [0.717, 1.165) is 5.56 Å². The van der Waals surface area contributed by atoms with Gasteiger partial charge >= 0.3 is 0 Å².